The van der Waals surface area contributed by atoms with E-state index in [1.54, 1.807) is 6.07 Å². The lowest BCUT2D eigenvalue weighted by Crippen LogP contribution is -2.51. The zero-order chi connectivity index (χ0) is 29.3. The number of alkyl halides is 2. The average molecular weight is 590 g/mol. The minimum Gasteiger partial charge on any atom is -0.377 e. The second kappa shape index (κ2) is 12.4. The van der Waals surface area contributed by atoms with Crippen LogP contribution in [0.4, 0.5) is 19.0 Å². The SMILES string of the molecule is OC(O)C(c1cc(F)ccc1C1CCC2(CO1)CC(F)(F)C2)N1CC[C@@H](OCCCCc2ccc3c(n2)NCCC3)C1. The molecule has 2 aromatic rings. The molecule has 1 aromatic carbocycles. The molecule has 1 aliphatic carbocycles. The molecule has 6 rings (SSSR count). The second-order valence-corrected chi connectivity index (χ2v) is 12.8. The van der Waals surface area contributed by atoms with E-state index >= 15 is 0 Å². The Kier molecular flexibility index (Phi) is 8.80. The van der Waals surface area contributed by atoms with Gasteiger partial charge in [-0.2, -0.15) is 0 Å². The van der Waals surface area contributed by atoms with E-state index in [0.717, 1.165) is 56.6 Å². The van der Waals surface area contributed by atoms with Gasteiger partial charge in [-0.1, -0.05) is 12.1 Å². The van der Waals surface area contributed by atoms with Crippen LogP contribution in [0.1, 0.15) is 85.9 Å². The number of aromatic nitrogens is 1. The lowest BCUT2D eigenvalue weighted by atomic mass is 9.62. The van der Waals surface area contributed by atoms with Gasteiger partial charge in [0.15, 0.2) is 6.29 Å². The van der Waals surface area contributed by atoms with E-state index in [2.05, 4.69) is 17.4 Å². The number of nitrogens with one attached hydrogen (secondary N) is 1. The number of aryl methyl sites for hydroxylation is 2. The molecule has 42 heavy (non-hydrogen) atoms. The van der Waals surface area contributed by atoms with Gasteiger partial charge in [0.25, 0.3) is 0 Å². The van der Waals surface area contributed by atoms with Crippen molar-refractivity contribution < 1.29 is 32.9 Å². The molecule has 4 heterocycles. The maximum absolute atomic E-state index is 14.5. The predicted octanol–water partition coefficient (Wildman–Crippen LogP) is 5.31. The van der Waals surface area contributed by atoms with Gasteiger partial charge in [-0.3, -0.25) is 4.90 Å². The molecule has 1 aromatic heterocycles. The summed E-state index contributed by atoms with van der Waals surface area (Å²) in [6.45, 7) is 2.90. The van der Waals surface area contributed by atoms with Crippen LogP contribution in [0.3, 0.4) is 0 Å². The monoisotopic (exact) mass is 589 g/mol. The molecule has 10 heteroatoms. The van der Waals surface area contributed by atoms with Crippen LogP contribution < -0.4 is 5.32 Å². The quantitative estimate of drug-likeness (QED) is 0.256. The number of halogens is 3. The first-order valence-electron chi connectivity index (χ1n) is 15.4. The molecule has 3 aliphatic heterocycles. The molecule has 230 valence electrons. The Morgan fingerprint density at radius 1 is 1.14 bits per heavy atom. The molecule has 2 unspecified atom stereocenters. The van der Waals surface area contributed by atoms with Crippen LogP contribution in [0.25, 0.3) is 0 Å². The summed E-state index contributed by atoms with van der Waals surface area (Å²) in [4.78, 5) is 6.70. The van der Waals surface area contributed by atoms with Crippen molar-refractivity contribution in [1.29, 1.82) is 0 Å². The van der Waals surface area contributed by atoms with Gasteiger partial charge in [-0.15, -0.1) is 0 Å². The Morgan fingerprint density at radius 2 is 2.00 bits per heavy atom. The van der Waals surface area contributed by atoms with Gasteiger partial charge in [-0.05, 0) is 86.3 Å². The van der Waals surface area contributed by atoms with E-state index in [-0.39, 0.29) is 25.6 Å². The van der Waals surface area contributed by atoms with Crippen LogP contribution in [-0.4, -0.2) is 71.3 Å². The largest absolute Gasteiger partial charge is 0.377 e. The summed E-state index contributed by atoms with van der Waals surface area (Å²) in [6.07, 6.45) is 4.36. The van der Waals surface area contributed by atoms with Gasteiger partial charge in [-0.25, -0.2) is 18.2 Å². The zero-order valence-corrected chi connectivity index (χ0v) is 24.0. The van der Waals surface area contributed by atoms with Gasteiger partial charge in [0, 0.05) is 50.2 Å². The first-order chi connectivity index (χ1) is 20.2. The Labute approximate surface area is 245 Å². The topological polar surface area (TPSA) is 87.1 Å². The van der Waals surface area contributed by atoms with Crippen LogP contribution in [0.15, 0.2) is 30.3 Å². The Balaban J connectivity index is 1.02. The highest BCUT2D eigenvalue weighted by molar-refractivity contribution is 5.47. The minimum atomic E-state index is -2.62. The van der Waals surface area contributed by atoms with Crippen LogP contribution in [-0.2, 0) is 22.3 Å². The summed E-state index contributed by atoms with van der Waals surface area (Å²) in [6, 6.07) is 7.77. The zero-order valence-electron chi connectivity index (χ0n) is 24.0. The van der Waals surface area contributed by atoms with Gasteiger partial charge < -0.3 is 25.0 Å². The number of rotatable bonds is 10. The van der Waals surface area contributed by atoms with Crippen molar-refractivity contribution in [2.24, 2.45) is 5.41 Å². The van der Waals surface area contributed by atoms with Crippen LogP contribution in [0, 0.1) is 11.2 Å². The third-order valence-electron chi connectivity index (χ3n) is 9.49. The van der Waals surface area contributed by atoms with Crippen molar-refractivity contribution in [3.63, 3.8) is 0 Å². The highest BCUT2D eigenvalue weighted by Crippen LogP contribution is 2.58. The van der Waals surface area contributed by atoms with Crippen molar-refractivity contribution in [2.45, 2.75) is 94.7 Å². The van der Waals surface area contributed by atoms with Crippen molar-refractivity contribution in [1.82, 2.24) is 9.88 Å². The first-order valence-corrected chi connectivity index (χ1v) is 15.4. The van der Waals surface area contributed by atoms with E-state index in [0.29, 0.717) is 43.7 Å². The number of aliphatic hydroxyl groups excluding tert-OH is 1. The summed E-state index contributed by atoms with van der Waals surface area (Å²) in [5.41, 5.74) is 3.05. The molecular formula is C32H42F3N3O4. The molecule has 3 atom stereocenters. The number of hydrogen-bond acceptors (Lipinski definition) is 7. The summed E-state index contributed by atoms with van der Waals surface area (Å²) < 4.78 is 53.8. The van der Waals surface area contributed by atoms with E-state index < -0.39 is 35.6 Å². The maximum atomic E-state index is 14.5. The van der Waals surface area contributed by atoms with Crippen molar-refractivity contribution >= 4 is 5.82 Å². The number of nitrogens with zero attached hydrogens (tertiary/aromatic N) is 2. The van der Waals surface area contributed by atoms with Gasteiger partial charge in [0.2, 0.25) is 5.92 Å². The summed E-state index contributed by atoms with van der Waals surface area (Å²) in [7, 11) is 0. The fraction of sp³-hybridized carbons (Fsp3) is 0.656. The van der Waals surface area contributed by atoms with Gasteiger partial charge >= 0.3 is 0 Å². The van der Waals surface area contributed by atoms with Crippen molar-refractivity contribution in [3.05, 3.63) is 58.5 Å². The molecule has 4 aliphatic rings. The molecule has 3 fully saturated rings. The molecule has 2 saturated heterocycles. The number of aliphatic hydroxyl groups is 2. The Bertz CT molecular complexity index is 1230. The Morgan fingerprint density at radius 3 is 2.76 bits per heavy atom. The Hall–Kier alpha value is -2.24. The van der Waals surface area contributed by atoms with Crippen LogP contribution in [0.5, 0.6) is 0 Å². The summed E-state index contributed by atoms with van der Waals surface area (Å²) >= 11 is 0. The molecule has 7 nitrogen and oxygen atoms in total. The number of pyridine rings is 1. The third-order valence-corrected chi connectivity index (χ3v) is 9.49. The number of ether oxygens (including phenoxy) is 2. The van der Waals surface area contributed by atoms with Gasteiger partial charge in [0.1, 0.15) is 11.6 Å². The number of likely N-dealkylation sites (tertiary alicyclic amines) is 1. The number of fused-ring (bicyclic) bond motifs is 1. The first kappa shape index (κ1) is 29.8. The van der Waals surface area contributed by atoms with E-state index in [1.807, 2.05) is 4.90 Å². The number of unbranched alkanes of at least 4 members (excludes halogenated alkanes) is 1. The number of benzene rings is 1. The van der Waals surface area contributed by atoms with Crippen LogP contribution >= 0.6 is 0 Å². The molecule has 3 N–H and O–H groups in total. The standard InChI is InChI=1S/C32H42F3N3O4/c33-22-7-9-25(27-10-12-31(20-42-27)18-32(34,35)19-31)26(16-22)28(30(39)40)38-14-11-24(17-38)41-15-2-1-5-23-8-6-21-4-3-13-36-29(21)37-23/h6-9,16,24,27-28,30,39-40H,1-5,10-15,17-20H2,(H,36,37)/t24-,27?,28?/m1/s1. The van der Waals surface area contributed by atoms with E-state index in [1.165, 1.54) is 17.7 Å². The molecule has 1 saturated carbocycles. The molecule has 0 amide bonds. The second-order valence-electron chi connectivity index (χ2n) is 12.8. The number of anilines is 1. The lowest BCUT2D eigenvalue weighted by Gasteiger charge is -2.51. The van der Waals surface area contributed by atoms with E-state index in [4.69, 9.17) is 14.5 Å². The van der Waals surface area contributed by atoms with Crippen LogP contribution in [0.2, 0.25) is 0 Å². The highest BCUT2D eigenvalue weighted by Gasteiger charge is 2.57. The van der Waals surface area contributed by atoms with Gasteiger partial charge in [0.05, 0.1) is 24.9 Å². The predicted molar refractivity (Wildman–Crippen MR) is 152 cm³/mol. The fourth-order valence-corrected chi connectivity index (χ4v) is 7.39. The third kappa shape index (κ3) is 6.63. The average Bonchev–Trinajstić information content (AvgIpc) is 3.40. The van der Waals surface area contributed by atoms with E-state index in [9.17, 15) is 23.4 Å². The summed E-state index contributed by atoms with van der Waals surface area (Å²) in [5.74, 6) is -2.07. The maximum Gasteiger partial charge on any atom is 0.249 e. The van der Waals surface area contributed by atoms with Crippen molar-refractivity contribution in [3.8, 4) is 0 Å². The molecule has 1 spiro atoms. The normalized spacial score (nSPS) is 25.7. The number of hydrogen-bond donors (Lipinski definition) is 3. The van der Waals surface area contributed by atoms with Crippen molar-refractivity contribution in [2.75, 3.05) is 38.2 Å². The minimum absolute atomic E-state index is 0.0552. The highest BCUT2D eigenvalue weighted by atomic mass is 19.3. The molecule has 0 bridgehead atoms. The smallest absolute Gasteiger partial charge is 0.249 e. The summed E-state index contributed by atoms with van der Waals surface area (Å²) in [5, 5.41) is 24.3. The fourth-order valence-electron chi connectivity index (χ4n) is 7.39. The molecule has 0 radical (unpaired) electrons. The lowest BCUT2D eigenvalue weighted by molar-refractivity contribution is -0.212. The molecular weight excluding hydrogens is 547 g/mol.